The molecule has 0 aromatic heterocycles. The Hall–Kier alpha value is -0.400. The van der Waals surface area contributed by atoms with E-state index in [9.17, 15) is 12.8 Å². The lowest BCUT2D eigenvalue weighted by Crippen LogP contribution is -2.51. The molecule has 1 aromatic carbocycles. The summed E-state index contributed by atoms with van der Waals surface area (Å²) in [6.07, 6.45) is 3.17. The van der Waals surface area contributed by atoms with Gasteiger partial charge in [-0.05, 0) is 31.0 Å². The monoisotopic (exact) mass is 342 g/mol. The first-order chi connectivity index (χ1) is 8.88. The normalized spacial score (nSPS) is 17.8. The van der Waals surface area contributed by atoms with Crippen LogP contribution in [0.3, 0.4) is 0 Å². The van der Waals surface area contributed by atoms with Gasteiger partial charge in [0.15, 0.2) is 0 Å². The second-order valence-electron chi connectivity index (χ2n) is 4.87. The van der Waals surface area contributed by atoms with Crippen molar-refractivity contribution in [1.82, 2.24) is 4.72 Å². The van der Waals surface area contributed by atoms with Crippen molar-refractivity contribution in [2.75, 3.05) is 6.54 Å². The van der Waals surface area contributed by atoms with Crippen LogP contribution in [0.5, 0.6) is 0 Å². The average Bonchev–Trinajstić information content (AvgIpc) is 2.80. The Morgan fingerprint density at radius 2 is 1.95 bits per heavy atom. The number of hydrogen-bond donors (Lipinski definition) is 2. The second kappa shape index (κ2) is 6.58. The predicted octanol–water partition coefficient (Wildman–Crippen LogP) is 2.45. The van der Waals surface area contributed by atoms with Crippen LogP contribution >= 0.6 is 24.0 Å². The molecular weight excluding hydrogens is 326 g/mol. The Bertz CT molecular complexity index is 575. The van der Waals surface area contributed by atoms with Gasteiger partial charge in [-0.25, -0.2) is 17.5 Å². The average molecular weight is 343 g/mol. The molecule has 20 heavy (non-hydrogen) atoms. The smallest absolute Gasteiger partial charge is 0.244 e. The number of hydrogen-bond acceptors (Lipinski definition) is 3. The van der Waals surface area contributed by atoms with Crippen molar-refractivity contribution < 1.29 is 12.8 Å². The second-order valence-corrected chi connectivity index (χ2v) is 6.96. The quantitative estimate of drug-likeness (QED) is 0.882. The first-order valence-electron chi connectivity index (χ1n) is 6.08. The molecular formula is C12H17Cl2FN2O2S. The fourth-order valence-electron chi connectivity index (χ4n) is 2.42. The molecule has 0 aliphatic heterocycles. The summed E-state index contributed by atoms with van der Waals surface area (Å²) in [7, 11) is -3.96. The Morgan fingerprint density at radius 3 is 2.50 bits per heavy atom. The van der Waals surface area contributed by atoms with Gasteiger partial charge < -0.3 is 5.73 Å². The van der Waals surface area contributed by atoms with Crippen LogP contribution in [-0.2, 0) is 10.0 Å². The summed E-state index contributed by atoms with van der Waals surface area (Å²) in [5.41, 5.74) is 5.02. The van der Waals surface area contributed by atoms with Crippen LogP contribution in [-0.4, -0.2) is 20.5 Å². The van der Waals surface area contributed by atoms with E-state index in [0.29, 0.717) is 12.8 Å². The molecule has 0 atom stereocenters. The molecule has 0 unspecified atom stereocenters. The third-order valence-corrected chi connectivity index (χ3v) is 5.31. The zero-order chi connectivity index (χ0) is 14.1. The molecule has 0 heterocycles. The number of nitrogens with one attached hydrogen (secondary N) is 1. The molecule has 0 spiro atoms. The molecule has 0 radical (unpaired) electrons. The highest BCUT2D eigenvalue weighted by molar-refractivity contribution is 7.89. The zero-order valence-electron chi connectivity index (χ0n) is 10.7. The van der Waals surface area contributed by atoms with Gasteiger partial charge in [0, 0.05) is 17.1 Å². The lowest BCUT2D eigenvalue weighted by Gasteiger charge is -2.28. The minimum atomic E-state index is -3.96. The summed E-state index contributed by atoms with van der Waals surface area (Å²) in [6, 6.07) is 3.46. The SMILES string of the molecule is Cl.NCC1(NS(=O)(=O)c2cc(Cl)ccc2F)CCCC1. The van der Waals surface area contributed by atoms with Crippen LogP contribution in [0.1, 0.15) is 25.7 Å². The van der Waals surface area contributed by atoms with Crippen molar-refractivity contribution in [3.8, 4) is 0 Å². The fraction of sp³-hybridized carbons (Fsp3) is 0.500. The molecule has 114 valence electrons. The molecule has 1 saturated carbocycles. The van der Waals surface area contributed by atoms with E-state index < -0.39 is 26.3 Å². The van der Waals surface area contributed by atoms with Crippen LogP contribution in [0, 0.1) is 5.82 Å². The van der Waals surface area contributed by atoms with Crippen molar-refractivity contribution in [2.24, 2.45) is 5.73 Å². The van der Waals surface area contributed by atoms with Gasteiger partial charge in [-0.15, -0.1) is 12.4 Å². The highest BCUT2D eigenvalue weighted by atomic mass is 35.5. The predicted molar refractivity (Wildman–Crippen MR) is 79.2 cm³/mol. The highest BCUT2D eigenvalue weighted by Crippen LogP contribution is 2.31. The van der Waals surface area contributed by atoms with Crippen LogP contribution < -0.4 is 10.5 Å². The van der Waals surface area contributed by atoms with Gasteiger partial charge >= 0.3 is 0 Å². The molecule has 3 N–H and O–H groups in total. The van der Waals surface area contributed by atoms with Crippen LogP contribution in [0.25, 0.3) is 0 Å². The van der Waals surface area contributed by atoms with E-state index in [4.69, 9.17) is 17.3 Å². The van der Waals surface area contributed by atoms with E-state index in [0.717, 1.165) is 25.0 Å². The molecule has 4 nitrogen and oxygen atoms in total. The van der Waals surface area contributed by atoms with E-state index in [1.807, 2.05) is 0 Å². The van der Waals surface area contributed by atoms with Crippen molar-refractivity contribution in [3.63, 3.8) is 0 Å². The lowest BCUT2D eigenvalue weighted by atomic mass is 10.0. The maximum Gasteiger partial charge on any atom is 0.244 e. The van der Waals surface area contributed by atoms with Crippen LogP contribution in [0.2, 0.25) is 5.02 Å². The van der Waals surface area contributed by atoms with E-state index in [1.165, 1.54) is 6.07 Å². The van der Waals surface area contributed by atoms with E-state index in [-0.39, 0.29) is 24.0 Å². The number of halogens is 3. The molecule has 2 rings (SSSR count). The zero-order valence-corrected chi connectivity index (χ0v) is 13.1. The Kier molecular flexibility index (Phi) is 5.80. The van der Waals surface area contributed by atoms with E-state index >= 15 is 0 Å². The summed E-state index contributed by atoms with van der Waals surface area (Å²) in [4.78, 5) is -0.431. The molecule has 1 aliphatic rings. The van der Waals surface area contributed by atoms with Crippen molar-refractivity contribution in [3.05, 3.63) is 29.0 Å². The first kappa shape index (κ1) is 17.7. The maximum absolute atomic E-state index is 13.7. The Balaban J connectivity index is 0.00000200. The van der Waals surface area contributed by atoms with Crippen molar-refractivity contribution >= 4 is 34.0 Å². The third kappa shape index (κ3) is 3.62. The molecule has 1 fully saturated rings. The van der Waals surface area contributed by atoms with Gasteiger partial charge in [-0.1, -0.05) is 24.4 Å². The maximum atomic E-state index is 13.7. The topological polar surface area (TPSA) is 72.2 Å². The number of sulfonamides is 1. The largest absolute Gasteiger partial charge is 0.329 e. The Morgan fingerprint density at radius 1 is 1.35 bits per heavy atom. The standard InChI is InChI=1S/C12H16ClFN2O2S.ClH/c13-9-3-4-10(14)11(7-9)19(17,18)16-12(8-15)5-1-2-6-12;/h3-4,7,16H,1-2,5-6,8,15H2;1H. The molecule has 0 amide bonds. The van der Waals surface area contributed by atoms with Gasteiger partial charge in [-0.2, -0.15) is 0 Å². The summed E-state index contributed by atoms with van der Waals surface area (Å²) in [6.45, 7) is 0.203. The lowest BCUT2D eigenvalue weighted by molar-refractivity contribution is 0.398. The van der Waals surface area contributed by atoms with Gasteiger partial charge in [0.1, 0.15) is 10.7 Å². The number of benzene rings is 1. The van der Waals surface area contributed by atoms with Crippen molar-refractivity contribution in [2.45, 2.75) is 36.1 Å². The van der Waals surface area contributed by atoms with Gasteiger partial charge in [0.05, 0.1) is 0 Å². The van der Waals surface area contributed by atoms with Crippen molar-refractivity contribution in [1.29, 1.82) is 0 Å². The first-order valence-corrected chi connectivity index (χ1v) is 7.94. The molecule has 8 heteroatoms. The number of nitrogens with two attached hydrogens (primary N) is 1. The summed E-state index contributed by atoms with van der Waals surface area (Å²) in [5.74, 6) is -0.818. The molecule has 1 aromatic rings. The minimum Gasteiger partial charge on any atom is -0.329 e. The number of rotatable bonds is 4. The molecule has 0 saturated heterocycles. The molecule has 1 aliphatic carbocycles. The summed E-state index contributed by atoms with van der Waals surface area (Å²) in [5, 5.41) is 0.176. The van der Waals surface area contributed by atoms with Gasteiger partial charge in [0.25, 0.3) is 0 Å². The van der Waals surface area contributed by atoms with Crippen LogP contribution in [0.15, 0.2) is 23.1 Å². The van der Waals surface area contributed by atoms with Gasteiger partial charge in [0.2, 0.25) is 10.0 Å². The summed E-state index contributed by atoms with van der Waals surface area (Å²) < 4.78 is 40.7. The highest BCUT2D eigenvalue weighted by Gasteiger charge is 2.37. The van der Waals surface area contributed by atoms with E-state index in [2.05, 4.69) is 4.72 Å². The Labute approximate surface area is 129 Å². The molecule has 0 bridgehead atoms. The fourth-order valence-corrected chi connectivity index (χ4v) is 4.23. The van der Waals surface area contributed by atoms with Gasteiger partial charge in [-0.3, -0.25) is 0 Å². The third-order valence-electron chi connectivity index (χ3n) is 3.49. The van der Waals surface area contributed by atoms with E-state index in [1.54, 1.807) is 0 Å². The minimum absolute atomic E-state index is 0. The van der Waals surface area contributed by atoms with Crippen LogP contribution in [0.4, 0.5) is 4.39 Å². The summed E-state index contributed by atoms with van der Waals surface area (Å²) >= 11 is 5.72.